The Hall–Kier alpha value is -1.85. The highest BCUT2D eigenvalue weighted by molar-refractivity contribution is 7.12. The quantitative estimate of drug-likeness (QED) is 0.679. The highest BCUT2D eigenvalue weighted by Gasteiger charge is 2.18. The number of hydrogen-bond acceptors (Lipinski definition) is 4. The van der Waals surface area contributed by atoms with Gasteiger partial charge in [0.05, 0.1) is 17.7 Å². The molecule has 0 fully saturated rings. The lowest BCUT2D eigenvalue weighted by Crippen LogP contribution is -2.31. The van der Waals surface area contributed by atoms with Gasteiger partial charge in [0.25, 0.3) is 5.91 Å². The minimum absolute atomic E-state index is 0.0676. The zero-order chi connectivity index (χ0) is 14.5. The molecule has 0 aliphatic heterocycles. The van der Waals surface area contributed by atoms with Crippen molar-refractivity contribution >= 4 is 28.6 Å². The van der Waals surface area contributed by atoms with Crippen molar-refractivity contribution in [1.82, 2.24) is 4.90 Å². The Kier molecular flexibility index (Phi) is 4.52. The Balaban J connectivity index is 1.72. The van der Waals surface area contributed by atoms with E-state index in [-0.39, 0.29) is 5.91 Å². The largest absolute Gasteiger partial charge is 0.467 e. The first-order valence-corrected chi connectivity index (χ1v) is 8.46. The van der Waals surface area contributed by atoms with Gasteiger partial charge in [-0.05, 0) is 41.4 Å². The zero-order valence-corrected chi connectivity index (χ0v) is 13.0. The Morgan fingerprint density at radius 2 is 1.95 bits per heavy atom. The standard InChI is InChI=1S/C16H15NO2S2/c18-16(15-6-3-11-21-15)17(12-13-4-1-9-19-13)8-7-14-5-2-10-20-14/h1-6,9-11H,7-8,12H2. The number of hydrogen-bond donors (Lipinski definition) is 0. The highest BCUT2D eigenvalue weighted by Crippen LogP contribution is 2.17. The molecule has 1 amide bonds. The number of carbonyl (C=O) groups is 1. The van der Waals surface area contributed by atoms with Crippen LogP contribution in [0.25, 0.3) is 0 Å². The molecule has 3 heterocycles. The number of carbonyl (C=O) groups excluding carboxylic acids is 1. The molecule has 0 radical (unpaired) electrons. The molecular formula is C16H15NO2S2. The van der Waals surface area contributed by atoms with Gasteiger partial charge < -0.3 is 9.32 Å². The van der Waals surface area contributed by atoms with Crippen molar-refractivity contribution in [1.29, 1.82) is 0 Å². The average Bonchev–Trinajstić information content (AvgIpc) is 3.26. The van der Waals surface area contributed by atoms with Crippen LogP contribution < -0.4 is 0 Å². The predicted molar refractivity (Wildman–Crippen MR) is 85.8 cm³/mol. The maximum absolute atomic E-state index is 12.6. The van der Waals surface area contributed by atoms with Crippen LogP contribution in [0.3, 0.4) is 0 Å². The summed E-state index contributed by atoms with van der Waals surface area (Å²) in [6.45, 7) is 1.20. The predicted octanol–water partition coefficient (Wildman–Crippen LogP) is 4.29. The summed E-state index contributed by atoms with van der Waals surface area (Å²) in [5.41, 5.74) is 0. The van der Waals surface area contributed by atoms with Crippen LogP contribution in [0.5, 0.6) is 0 Å². The second-order valence-electron chi connectivity index (χ2n) is 4.61. The van der Waals surface area contributed by atoms with Gasteiger partial charge in [-0.1, -0.05) is 12.1 Å². The Morgan fingerprint density at radius 1 is 1.10 bits per heavy atom. The second-order valence-corrected chi connectivity index (χ2v) is 6.59. The van der Waals surface area contributed by atoms with Crippen molar-refractivity contribution in [2.45, 2.75) is 13.0 Å². The summed E-state index contributed by atoms with van der Waals surface area (Å²) >= 11 is 3.20. The SMILES string of the molecule is O=C(c1cccs1)N(CCc1cccs1)Cc1ccco1. The topological polar surface area (TPSA) is 33.5 Å². The van der Waals surface area contributed by atoms with Gasteiger partial charge in [0.1, 0.15) is 5.76 Å². The van der Waals surface area contributed by atoms with Gasteiger partial charge in [-0.2, -0.15) is 0 Å². The normalized spacial score (nSPS) is 10.7. The molecule has 3 rings (SSSR count). The van der Waals surface area contributed by atoms with Gasteiger partial charge >= 0.3 is 0 Å². The Labute approximate surface area is 131 Å². The van der Waals surface area contributed by atoms with E-state index in [4.69, 9.17) is 4.42 Å². The maximum atomic E-state index is 12.6. The molecule has 0 spiro atoms. The van der Waals surface area contributed by atoms with Crippen molar-refractivity contribution in [3.05, 3.63) is 68.9 Å². The van der Waals surface area contributed by atoms with Crippen LogP contribution in [-0.2, 0) is 13.0 Å². The van der Waals surface area contributed by atoms with E-state index >= 15 is 0 Å². The molecule has 0 N–H and O–H groups in total. The van der Waals surface area contributed by atoms with E-state index in [1.165, 1.54) is 16.2 Å². The third-order valence-electron chi connectivity index (χ3n) is 3.15. The summed E-state index contributed by atoms with van der Waals surface area (Å²) in [5, 5.41) is 3.99. The zero-order valence-electron chi connectivity index (χ0n) is 11.4. The van der Waals surface area contributed by atoms with Crippen molar-refractivity contribution in [2.24, 2.45) is 0 Å². The lowest BCUT2D eigenvalue weighted by molar-refractivity contribution is 0.0739. The van der Waals surface area contributed by atoms with Gasteiger partial charge in [0, 0.05) is 11.4 Å². The monoisotopic (exact) mass is 317 g/mol. The van der Waals surface area contributed by atoms with Crippen molar-refractivity contribution in [3.63, 3.8) is 0 Å². The molecule has 0 saturated heterocycles. The molecule has 3 aromatic rings. The first kappa shape index (κ1) is 14.1. The van der Waals surface area contributed by atoms with Crippen LogP contribution in [0.15, 0.2) is 57.8 Å². The van der Waals surface area contributed by atoms with E-state index in [0.717, 1.165) is 17.1 Å². The van der Waals surface area contributed by atoms with Crippen molar-refractivity contribution in [2.75, 3.05) is 6.54 Å². The molecule has 3 nitrogen and oxygen atoms in total. The smallest absolute Gasteiger partial charge is 0.264 e. The van der Waals surface area contributed by atoms with Gasteiger partial charge in [-0.3, -0.25) is 4.79 Å². The summed E-state index contributed by atoms with van der Waals surface area (Å²) < 4.78 is 5.38. The summed E-state index contributed by atoms with van der Waals surface area (Å²) in [5.74, 6) is 0.879. The molecule has 5 heteroatoms. The van der Waals surface area contributed by atoms with E-state index in [2.05, 4.69) is 11.4 Å². The van der Waals surface area contributed by atoms with E-state index in [0.29, 0.717) is 13.1 Å². The summed E-state index contributed by atoms with van der Waals surface area (Å²) in [6, 6.07) is 11.7. The van der Waals surface area contributed by atoms with Crippen LogP contribution in [0, 0.1) is 0 Å². The minimum Gasteiger partial charge on any atom is -0.467 e. The average molecular weight is 317 g/mol. The van der Waals surface area contributed by atoms with Crippen LogP contribution in [0.2, 0.25) is 0 Å². The van der Waals surface area contributed by atoms with E-state index in [1.54, 1.807) is 17.6 Å². The molecule has 0 atom stereocenters. The fourth-order valence-corrected chi connectivity index (χ4v) is 3.49. The van der Waals surface area contributed by atoms with Crippen LogP contribution in [0.4, 0.5) is 0 Å². The highest BCUT2D eigenvalue weighted by atomic mass is 32.1. The molecule has 0 aliphatic rings. The molecule has 0 saturated carbocycles. The summed E-state index contributed by atoms with van der Waals surface area (Å²) in [4.78, 5) is 16.5. The summed E-state index contributed by atoms with van der Waals surface area (Å²) in [6.07, 6.45) is 2.51. The van der Waals surface area contributed by atoms with Gasteiger partial charge in [-0.15, -0.1) is 22.7 Å². The molecule has 0 aromatic carbocycles. The Bertz CT molecular complexity index is 657. The number of furan rings is 1. The number of nitrogens with zero attached hydrogens (tertiary/aromatic N) is 1. The fraction of sp³-hybridized carbons (Fsp3) is 0.188. The van der Waals surface area contributed by atoms with Gasteiger partial charge in [0.15, 0.2) is 0 Å². The molecule has 21 heavy (non-hydrogen) atoms. The number of rotatable bonds is 6. The van der Waals surface area contributed by atoms with Crippen LogP contribution in [-0.4, -0.2) is 17.4 Å². The lowest BCUT2D eigenvalue weighted by Gasteiger charge is -2.20. The molecule has 0 aliphatic carbocycles. The minimum atomic E-state index is 0.0676. The van der Waals surface area contributed by atoms with Crippen LogP contribution in [0.1, 0.15) is 20.3 Å². The van der Waals surface area contributed by atoms with Crippen LogP contribution >= 0.6 is 22.7 Å². The number of thiophene rings is 2. The van der Waals surface area contributed by atoms with Gasteiger partial charge in [-0.25, -0.2) is 0 Å². The molecule has 0 bridgehead atoms. The number of amides is 1. The first-order valence-electron chi connectivity index (χ1n) is 6.70. The molecule has 0 unspecified atom stereocenters. The van der Waals surface area contributed by atoms with Crippen molar-refractivity contribution in [3.8, 4) is 0 Å². The molecular weight excluding hydrogens is 302 g/mol. The molecule has 3 aromatic heterocycles. The maximum Gasteiger partial charge on any atom is 0.264 e. The van der Waals surface area contributed by atoms with E-state index in [1.807, 2.05) is 40.6 Å². The third kappa shape index (κ3) is 3.62. The fourth-order valence-electron chi connectivity index (χ4n) is 2.10. The van der Waals surface area contributed by atoms with E-state index < -0.39 is 0 Å². The first-order chi connectivity index (χ1) is 10.3. The van der Waals surface area contributed by atoms with E-state index in [9.17, 15) is 4.79 Å². The second kappa shape index (κ2) is 6.74. The molecule has 108 valence electrons. The van der Waals surface area contributed by atoms with Crippen molar-refractivity contribution < 1.29 is 9.21 Å². The van der Waals surface area contributed by atoms with Gasteiger partial charge in [0.2, 0.25) is 0 Å². The Morgan fingerprint density at radius 3 is 2.62 bits per heavy atom. The lowest BCUT2D eigenvalue weighted by atomic mass is 10.3. The third-order valence-corrected chi connectivity index (χ3v) is 4.95. The summed E-state index contributed by atoms with van der Waals surface area (Å²) in [7, 11) is 0.